The normalized spacial score (nSPS) is 12.1. The van der Waals surface area contributed by atoms with Gasteiger partial charge in [0.25, 0.3) is 30.4 Å². The summed E-state index contributed by atoms with van der Waals surface area (Å²) >= 11 is 0. The predicted molar refractivity (Wildman–Crippen MR) is 111 cm³/mol. The molecule has 4 rings (SSSR count). The van der Waals surface area contributed by atoms with Gasteiger partial charge in [0.1, 0.15) is 20.4 Å². The summed E-state index contributed by atoms with van der Waals surface area (Å²) in [7, 11) is -14.9. The van der Waals surface area contributed by atoms with Crippen LogP contribution in [0, 0.1) is 0 Å². The molecular formula is C18H12Na3O11S3+3. The molecule has 168 valence electrons. The number of ether oxygens (including phenoxy) is 1. The van der Waals surface area contributed by atoms with E-state index in [-0.39, 0.29) is 127 Å². The molecule has 0 aliphatic rings. The fraction of sp³-hybridized carbons (Fsp3) is 0.0556. The minimum Gasteiger partial charge on any atom is -0.426 e. The Kier molecular flexibility index (Phi) is 10.5. The standard InChI is InChI=1S/C18H12O11S3.3Na/c1-8(19)29-13-6-14(30(20,21)22)10-4-5-12-16(32(26,27)28)7-15(31(23,24)25)11-3-2-9(13)17(10)18(11)12;;;/h2-7H,1H3,(H,20,21,22)(H,23,24,25)(H,26,27,28);;;/q;3*+1. The van der Waals surface area contributed by atoms with Crippen molar-refractivity contribution in [3.05, 3.63) is 36.4 Å². The average Bonchev–Trinajstić information content (AvgIpc) is 2.63. The molecule has 0 saturated heterocycles. The van der Waals surface area contributed by atoms with Gasteiger partial charge in [-0.25, -0.2) is 0 Å². The van der Waals surface area contributed by atoms with Gasteiger partial charge in [0.05, 0.1) is 0 Å². The molecule has 0 fully saturated rings. The molecule has 0 amide bonds. The number of hydrogen-bond acceptors (Lipinski definition) is 8. The van der Waals surface area contributed by atoms with Crippen LogP contribution in [0.25, 0.3) is 32.3 Å². The molecule has 0 saturated carbocycles. The zero-order valence-electron chi connectivity index (χ0n) is 18.8. The molecule has 4 aromatic carbocycles. The molecule has 0 aliphatic carbocycles. The summed E-state index contributed by atoms with van der Waals surface area (Å²) in [6, 6.07) is 6.20. The Hall–Kier alpha value is 0.120. The van der Waals surface area contributed by atoms with E-state index >= 15 is 0 Å². The van der Waals surface area contributed by atoms with E-state index in [1.165, 1.54) is 12.1 Å². The van der Waals surface area contributed by atoms with Gasteiger partial charge in [0.15, 0.2) is 0 Å². The van der Waals surface area contributed by atoms with Gasteiger partial charge in [0, 0.05) is 45.3 Å². The fourth-order valence-corrected chi connectivity index (χ4v) is 5.95. The van der Waals surface area contributed by atoms with Gasteiger partial charge in [-0.3, -0.25) is 18.5 Å². The van der Waals surface area contributed by atoms with Gasteiger partial charge in [-0.1, -0.05) is 18.2 Å². The minimum absolute atomic E-state index is 0. The Morgan fingerprint density at radius 3 is 1.29 bits per heavy atom. The molecule has 3 N–H and O–H groups in total. The van der Waals surface area contributed by atoms with Crippen LogP contribution in [0.4, 0.5) is 0 Å². The summed E-state index contributed by atoms with van der Waals surface area (Å²) in [5.74, 6) is -1.14. The summed E-state index contributed by atoms with van der Waals surface area (Å²) in [6.07, 6.45) is 0. The molecule has 0 heterocycles. The Balaban J connectivity index is 0.00000204. The first-order chi connectivity index (χ1) is 14.6. The SMILES string of the molecule is CC(=O)Oc1cc(S(=O)(=O)O)c2ccc3c(S(=O)(=O)O)cc(S(=O)(=O)O)c4ccc1c2c43.[Na+].[Na+].[Na+]. The van der Waals surface area contributed by atoms with E-state index in [0.29, 0.717) is 6.07 Å². The minimum atomic E-state index is -5.01. The van der Waals surface area contributed by atoms with Crippen LogP contribution >= 0.6 is 0 Å². The van der Waals surface area contributed by atoms with Gasteiger partial charge in [-0.2, -0.15) is 25.3 Å². The third-order valence-electron chi connectivity index (χ3n) is 4.83. The summed E-state index contributed by atoms with van der Waals surface area (Å²) < 4.78 is 106. The zero-order valence-corrected chi connectivity index (χ0v) is 27.2. The molecule has 35 heavy (non-hydrogen) atoms. The van der Waals surface area contributed by atoms with Crippen molar-refractivity contribution in [1.82, 2.24) is 0 Å². The molecule has 0 bridgehead atoms. The maximum atomic E-state index is 12.0. The Bertz CT molecular complexity index is 1750. The number of hydrogen-bond donors (Lipinski definition) is 3. The van der Waals surface area contributed by atoms with Crippen molar-refractivity contribution in [1.29, 1.82) is 0 Å². The monoisotopic (exact) mass is 569 g/mol. The summed E-state index contributed by atoms with van der Waals surface area (Å²) in [6.45, 7) is 1.04. The molecule has 4 aromatic rings. The van der Waals surface area contributed by atoms with E-state index in [4.69, 9.17) is 4.74 Å². The fourth-order valence-electron chi connectivity index (χ4n) is 3.75. The van der Waals surface area contributed by atoms with Crippen LogP contribution in [-0.2, 0) is 35.1 Å². The van der Waals surface area contributed by atoms with Crippen LogP contribution in [0.1, 0.15) is 6.92 Å². The number of carbonyl (C=O) groups excluding carboxylic acids is 1. The third kappa shape index (κ3) is 6.08. The van der Waals surface area contributed by atoms with Gasteiger partial charge in [0.2, 0.25) is 0 Å². The summed E-state index contributed by atoms with van der Waals surface area (Å²) in [5.41, 5.74) is 0. The third-order valence-corrected chi connectivity index (χ3v) is 7.52. The largest absolute Gasteiger partial charge is 1.00 e. The molecular weight excluding hydrogens is 557 g/mol. The molecule has 0 radical (unpaired) electrons. The Morgan fingerprint density at radius 2 is 0.943 bits per heavy atom. The first-order valence-electron chi connectivity index (χ1n) is 8.50. The van der Waals surface area contributed by atoms with Crippen molar-refractivity contribution in [2.45, 2.75) is 21.6 Å². The van der Waals surface area contributed by atoms with Crippen molar-refractivity contribution >= 4 is 68.6 Å². The van der Waals surface area contributed by atoms with Gasteiger partial charge in [-0.15, -0.1) is 0 Å². The summed E-state index contributed by atoms with van der Waals surface area (Å²) in [5, 5.41) is -0.716. The number of esters is 1. The van der Waals surface area contributed by atoms with Crippen LogP contribution in [0.2, 0.25) is 0 Å². The predicted octanol–water partition coefficient (Wildman–Crippen LogP) is -6.74. The number of carbonyl (C=O) groups is 1. The van der Waals surface area contributed by atoms with Crippen LogP contribution < -0.4 is 93.4 Å². The first kappa shape index (κ1) is 33.1. The quantitative estimate of drug-likeness (QED) is 0.0697. The molecule has 0 atom stereocenters. The average molecular weight is 569 g/mol. The van der Waals surface area contributed by atoms with E-state index in [9.17, 15) is 43.7 Å². The van der Waals surface area contributed by atoms with Crippen molar-refractivity contribution in [3.63, 3.8) is 0 Å². The van der Waals surface area contributed by atoms with Crippen molar-refractivity contribution < 1.29 is 137 Å². The number of benzene rings is 4. The van der Waals surface area contributed by atoms with Crippen molar-refractivity contribution in [3.8, 4) is 5.75 Å². The van der Waals surface area contributed by atoms with Crippen LogP contribution in [-0.4, -0.2) is 44.9 Å². The smallest absolute Gasteiger partial charge is 0.426 e. The second-order valence-corrected chi connectivity index (χ2v) is 11.0. The van der Waals surface area contributed by atoms with E-state index in [2.05, 4.69) is 0 Å². The van der Waals surface area contributed by atoms with Crippen LogP contribution in [0.5, 0.6) is 5.75 Å². The van der Waals surface area contributed by atoms with E-state index in [1.807, 2.05) is 0 Å². The Morgan fingerprint density at radius 1 is 0.629 bits per heavy atom. The summed E-state index contributed by atoms with van der Waals surface area (Å²) in [4.78, 5) is 9.13. The van der Waals surface area contributed by atoms with Crippen LogP contribution in [0.15, 0.2) is 51.1 Å². The molecule has 0 spiro atoms. The maximum Gasteiger partial charge on any atom is 1.00 e. The van der Waals surface area contributed by atoms with E-state index in [0.717, 1.165) is 25.1 Å². The van der Waals surface area contributed by atoms with E-state index < -0.39 is 51.0 Å². The van der Waals surface area contributed by atoms with Gasteiger partial charge < -0.3 is 4.74 Å². The molecule has 0 aromatic heterocycles. The molecule has 11 nitrogen and oxygen atoms in total. The zero-order chi connectivity index (χ0) is 23.8. The van der Waals surface area contributed by atoms with Gasteiger partial charge >= 0.3 is 94.6 Å². The number of rotatable bonds is 4. The molecule has 0 aliphatic heterocycles. The Labute approximate surface area is 266 Å². The maximum absolute atomic E-state index is 12.0. The first-order valence-corrected chi connectivity index (χ1v) is 12.8. The topological polar surface area (TPSA) is 189 Å². The second kappa shape index (κ2) is 11.1. The molecule has 0 unspecified atom stereocenters. The molecule has 17 heteroatoms. The van der Waals surface area contributed by atoms with Crippen molar-refractivity contribution in [2.24, 2.45) is 0 Å². The van der Waals surface area contributed by atoms with Gasteiger partial charge in [-0.05, 0) is 12.1 Å². The van der Waals surface area contributed by atoms with E-state index in [1.54, 1.807) is 0 Å². The van der Waals surface area contributed by atoms with Crippen molar-refractivity contribution in [2.75, 3.05) is 0 Å². The van der Waals surface area contributed by atoms with Crippen LogP contribution in [0.3, 0.4) is 0 Å². The second-order valence-electron chi connectivity index (χ2n) is 6.84.